The van der Waals surface area contributed by atoms with Gasteiger partial charge in [0.1, 0.15) is 12.1 Å². The van der Waals surface area contributed by atoms with Crippen LogP contribution in [-0.2, 0) is 19.2 Å². The number of thiophene rings is 1. The lowest BCUT2D eigenvalue weighted by molar-refractivity contribution is -0.142. The van der Waals surface area contributed by atoms with Gasteiger partial charge in [0.15, 0.2) is 5.78 Å². The fourth-order valence-electron chi connectivity index (χ4n) is 4.87. The van der Waals surface area contributed by atoms with Gasteiger partial charge in [0.25, 0.3) is 5.91 Å². The molecule has 1 aromatic heterocycles. The molecule has 10 heteroatoms. The highest BCUT2D eigenvalue weighted by Crippen LogP contribution is 2.32. The summed E-state index contributed by atoms with van der Waals surface area (Å²) in [6.07, 6.45) is 0.0613. The molecule has 3 heterocycles. The van der Waals surface area contributed by atoms with Gasteiger partial charge in [-0.3, -0.25) is 14.4 Å². The number of hydrogen-bond acceptors (Lipinski definition) is 8. The van der Waals surface area contributed by atoms with E-state index in [0.717, 1.165) is 10.4 Å². The van der Waals surface area contributed by atoms with Crippen molar-refractivity contribution >= 4 is 35.1 Å². The number of Topliss-reactive ketones (excluding diaryl/α,β-unsaturated/α-hetero) is 1. The van der Waals surface area contributed by atoms with Crippen LogP contribution in [0.5, 0.6) is 0 Å². The Morgan fingerprint density at radius 3 is 2.47 bits per heavy atom. The van der Waals surface area contributed by atoms with Gasteiger partial charge in [-0.1, -0.05) is 58.0 Å². The molecule has 1 N–H and O–H groups in total. The largest absolute Gasteiger partial charge is 0.527 e. The third kappa shape index (κ3) is 6.42. The highest BCUT2D eigenvalue weighted by Gasteiger charge is 2.52. The van der Waals surface area contributed by atoms with Crippen molar-refractivity contribution in [1.82, 2.24) is 15.3 Å². The summed E-state index contributed by atoms with van der Waals surface area (Å²) in [5.74, 6) is -0.514. The van der Waals surface area contributed by atoms with E-state index in [0.29, 0.717) is 24.3 Å². The zero-order valence-corrected chi connectivity index (χ0v) is 23.0. The van der Waals surface area contributed by atoms with Crippen LogP contribution >= 0.6 is 11.3 Å². The molecule has 1 aromatic carbocycles. The average Bonchev–Trinajstić information content (AvgIpc) is 3.60. The fraction of sp³-hybridized carbons (Fsp3) is 0.500. The van der Waals surface area contributed by atoms with E-state index in [2.05, 4.69) is 5.32 Å². The Bertz CT molecular complexity index is 1160. The molecule has 2 aliphatic heterocycles. The van der Waals surface area contributed by atoms with E-state index in [-0.39, 0.29) is 42.6 Å². The van der Waals surface area contributed by atoms with E-state index in [1.165, 1.54) is 21.3 Å². The first-order chi connectivity index (χ1) is 18.1. The van der Waals surface area contributed by atoms with E-state index < -0.39 is 24.3 Å². The molecule has 204 valence electrons. The van der Waals surface area contributed by atoms with Crippen LogP contribution in [-0.4, -0.2) is 71.5 Å². The molecule has 3 atom stereocenters. The molecule has 3 unspecified atom stereocenters. The summed E-state index contributed by atoms with van der Waals surface area (Å²) in [4.78, 5) is 60.1. The molecule has 0 aliphatic carbocycles. The minimum atomic E-state index is -0.854. The van der Waals surface area contributed by atoms with Crippen LogP contribution in [0.15, 0.2) is 42.5 Å². The summed E-state index contributed by atoms with van der Waals surface area (Å²) < 4.78 is 5.08. The molecule has 2 aliphatic rings. The van der Waals surface area contributed by atoms with Crippen molar-refractivity contribution in [3.05, 3.63) is 47.3 Å². The lowest BCUT2D eigenvalue weighted by Crippen LogP contribution is -2.52. The maximum absolute atomic E-state index is 13.7. The van der Waals surface area contributed by atoms with Gasteiger partial charge in [-0.25, -0.2) is 4.79 Å². The van der Waals surface area contributed by atoms with Crippen molar-refractivity contribution in [2.75, 3.05) is 19.7 Å². The van der Waals surface area contributed by atoms with E-state index in [9.17, 15) is 19.2 Å². The van der Waals surface area contributed by atoms with Crippen molar-refractivity contribution in [2.24, 2.45) is 11.8 Å². The Balaban J connectivity index is 1.43. The van der Waals surface area contributed by atoms with Crippen LogP contribution in [0.1, 0.15) is 50.2 Å². The number of benzene rings is 1. The third-order valence-electron chi connectivity index (χ3n) is 6.59. The number of hydroxylamine groups is 2. The van der Waals surface area contributed by atoms with Crippen LogP contribution in [0.3, 0.4) is 0 Å². The second-order valence-electron chi connectivity index (χ2n) is 10.6. The number of carbonyl (C=O) groups excluding carboxylic acids is 4. The van der Waals surface area contributed by atoms with Gasteiger partial charge >= 0.3 is 6.16 Å². The first kappa shape index (κ1) is 27.8. The summed E-state index contributed by atoms with van der Waals surface area (Å²) in [6, 6.07) is 11.5. The number of amides is 2. The first-order valence-corrected chi connectivity index (χ1v) is 13.9. The lowest BCUT2D eigenvalue weighted by Gasteiger charge is -2.28. The zero-order chi connectivity index (χ0) is 27.4. The highest BCUT2D eigenvalue weighted by molar-refractivity contribution is 7.17. The molecular weight excluding hydrogens is 506 g/mol. The quantitative estimate of drug-likeness (QED) is 0.476. The zero-order valence-electron chi connectivity index (χ0n) is 22.2. The van der Waals surface area contributed by atoms with Crippen LogP contribution in [0, 0.1) is 11.8 Å². The van der Waals surface area contributed by atoms with Crippen molar-refractivity contribution in [3.8, 4) is 10.4 Å². The molecule has 2 aromatic rings. The van der Waals surface area contributed by atoms with Crippen LogP contribution < -0.4 is 5.32 Å². The number of ether oxygens (including phenoxy) is 1. The number of nitrogens with one attached hydrogen (secondary N) is 1. The number of rotatable bonds is 9. The molecule has 9 nitrogen and oxygen atoms in total. The normalized spacial score (nSPS) is 20.1. The SMILES string of the molecule is CC(C)COC(=O)ON1CC(=O)C2C1CCN2C(=O)C(CC(C)C)NC(=O)c1ccc(-c2ccccc2)s1. The molecule has 0 radical (unpaired) electrons. The number of hydrogen-bond donors (Lipinski definition) is 1. The maximum Gasteiger partial charge on any atom is 0.527 e. The Morgan fingerprint density at radius 2 is 1.79 bits per heavy atom. The molecular formula is C28H35N3O6S. The van der Waals surface area contributed by atoms with Gasteiger partial charge in [0.05, 0.1) is 24.1 Å². The van der Waals surface area contributed by atoms with Crippen molar-refractivity contribution in [1.29, 1.82) is 0 Å². The highest BCUT2D eigenvalue weighted by atomic mass is 32.1. The third-order valence-corrected chi connectivity index (χ3v) is 7.72. The van der Waals surface area contributed by atoms with E-state index in [4.69, 9.17) is 9.57 Å². The number of likely N-dealkylation sites (tertiary alicyclic amines) is 1. The molecule has 0 spiro atoms. The van der Waals surface area contributed by atoms with E-state index >= 15 is 0 Å². The molecule has 2 amide bonds. The second kappa shape index (κ2) is 12.1. The summed E-state index contributed by atoms with van der Waals surface area (Å²) >= 11 is 1.37. The van der Waals surface area contributed by atoms with Crippen molar-refractivity contribution in [2.45, 2.75) is 58.7 Å². The molecule has 0 bridgehead atoms. The topological polar surface area (TPSA) is 105 Å². The second-order valence-corrected chi connectivity index (χ2v) is 11.7. The number of nitrogens with zero attached hydrogens (tertiary/aromatic N) is 2. The Kier molecular flexibility index (Phi) is 8.83. The minimum absolute atomic E-state index is 0.103. The van der Waals surface area contributed by atoms with Crippen LogP contribution in [0.25, 0.3) is 10.4 Å². The number of carbonyl (C=O) groups is 4. The Hall–Kier alpha value is -3.24. The van der Waals surface area contributed by atoms with Gasteiger partial charge in [0.2, 0.25) is 5.91 Å². The first-order valence-electron chi connectivity index (χ1n) is 13.0. The fourth-order valence-corrected chi connectivity index (χ4v) is 5.79. The van der Waals surface area contributed by atoms with E-state index in [1.807, 2.05) is 64.1 Å². The number of fused-ring (bicyclic) bond motifs is 1. The number of ketones is 1. The predicted molar refractivity (Wildman–Crippen MR) is 143 cm³/mol. The summed E-state index contributed by atoms with van der Waals surface area (Å²) in [6.45, 7) is 8.24. The molecule has 4 rings (SSSR count). The summed E-state index contributed by atoms with van der Waals surface area (Å²) in [5.41, 5.74) is 1.02. The molecule has 38 heavy (non-hydrogen) atoms. The monoisotopic (exact) mass is 541 g/mol. The van der Waals surface area contributed by atoms with Gasteiger partial charge < -0.3 is 19.8 Å². The van der Waals surface area contributed by atoms with Crippen LogP contribution in [0.4, 0.5) is 4.79 Å². The summed E-state index contributed by atoms with van der Waals surface area (Å²) in [7, 11) is 0. The lowest BCUT2D eigenvalue weighted by atomic mass is 10.0. The molecule has 2 saturated heterocycles. The van der Waals surface area contributed by atoms with Crippen LogP contribution in [0.2, 0.25) is 0 Å². The van der Waals surface area contributed by atoms with Gasteiger partial charge in [-0.05, 0) is 42.4 Å². The van der Waals surface area contributed by atoms with Gasteiger partial charge in [0, 0.05) is 11.4 Å². The van der Waals surface area contributed by atoms with E-state index in [1.54, 1.807) is 6.07 Å². The maximum atomic E-state index is 13.7. The summed E-state index contributed by atoms with van der Waals surface area (Å²) in [5, 5.41) is 4.25. The van der Waals surface area contributed by atoms with Gasteiger partial charge in [-0.15, -0.1) is 16.4 Å². The Labute approximate surface area is 227 Å². The van der Waals surface area contributed by atoms with Crippen molar-refractivity contribution < 1.29 is 28.8 Å². The Morgan fingerprint density at radius 1 is 1.05 bits per heavy atom. The predicted octanol–water partition coefficient (Wildman–Crippen LogP) is 4.14. The average molecular weight is 542 g/mol. The standard InChI is InChI=1S/C28H35N3O6S/c1-17(2)14-20(29-26(33)24-11-10-23(38-24)19-8-6-5-7-9-19)27(34)30-13-12-21-25(30)22(32)15-31(21)37-28(35)36-16-18(3)4/h5-11,17-18,20-21,25H,12-16H2,1-4H3,(H,29,33). The minimum Gasteiger partial charge on any atom is -0.433 e. The van der Waals surface area contributed by atoms with Gasteiger partial charge in [-0.2, -0.15) is 0 Å². The smallest absolute Gasteiger partial charge is 0.433 e. The van der Waals surface area contributed by atoms with Crippen molar-refractivity contribution in [3.63, 3.8) is 0 Å². The molecule has 0 saturated carbocycles. The molecule has 2 fully saturated rings.